The first-order chi connectivity index (χ1) is 7.79. The van der Waals surface area contributed by atoms with Gasteiger partial charge in [-0.25, -0.2) is 4.98 Å². The van der Waals surface area contributed by atoms with Crippen LogP contribution in [0.25, 0.3) is 5.52 Å². The molecule has 3 nitrogen and oxygen atoms in total. The normalized spacial score (nSPS) is 16.3. The number of carbonyl (C=O) groups is 1. The van der Waals surface area contributed by atoms with Crippen molar-refractivity contribution < 1.29 is 4.79 Å². The second-order valence-electron chi connectivity index (χ2n) is 4.22. The van der Waals surface area contributed by atoms with Crippen LogP contribution < -0.4 is 0 Å². The lowest BCUT2D eigenvalue weighted by molar-refractivity contribution is 0.112. The van der Waals surface area contributed by atoms with Gasteiger partial charge in [0.25, 0.3) is 0 Å². The van der Waals surface area contributed by atoms with Gasteiger partial charge in [0, 0.05) is 17.7 Å². The lowest BCUT2D eigenvalue weighted by Gasteiger charge is -2.23. The maximum Gasteiger partial charge on any atom is 0.155 e. The third-order valence-corrected chi connectivity index (χ3v) is 3.53. The predicted octanol–water partition coefficient (Wildman–Crippen LogP) is 3.07. The van der Waals surface area contributed by atoms with Gasteiger partial charge in [-0.15, -0.1) is 0 Å². The van der Waals surface area contributed by atoms with Crippen molar-refractivity contribution in [2.24, 2.45) is 0 Å². The lowest BCUT2D eigenvalue weighted by Crippen LogP contribution is -2.12. The molecule has 0 spiro atoms. The minimum atomic E-state index is 0.502. The lowest BCUT2D eigenvalue weighted by atomic mass is 9.85. The van der Waals surface area contributed by atoms with E-state index in [1.54, 1.807) is 6.07 Å². The van der Waals surface area contributed by atoms with E-state index in [-0.39, 0.29) is 0 Å². The van der Waals surface area contributed by atoms with Gasteiger partial charge < -0.3 is 4.40 Å². The third-order valence-electron chi connectivity index (χ3n) is 3.25. The first-order valence-electron chi connectivity index (χ1n) is 5.42. The molecule has 0 radical (unpaired) electrons. The molecule has 1 fully saturated rings. The molecule has 0 N–H and O–H groups in total. The molecular weight excluding hydrogens is 224 g/mol. The van der Waals surface area contributed by atoms with E-state index in [0.29, 0.717) is 16.6 Å². The Labute approximate surface area is 98.1 Å². The van der Waals surface area contributed by atoms with Crippen LogP contribution in [-0.2, 0) is 0 Å². The number of fused-ring (bicyclic) bond motifs is 1. The third kappa shape index (κ3) is 1.35. The summed E-state index contributed by atoms with van der Waals surface area (Å²) in [6.45, 7) is 0. The molecule has 0 aromatic carbocycles. The van der Waals surface area contributed by atoms with Gasteiger partial charge in [-0.2, -0.15) is 0 Å². The van der Waals surface area contributed by atoms with Crippen molar-refractivity contribution in [3.05, 3.63) is 34.9 Å². The number of halogens is 1. The van der Waals surface area contributed by atoms with Crippen LogP contribution in [-0.4, -0.2) is 15.7 Å². The van der Waals surface area contributed by atoms with E-state index >= 15 is 0 Å². The Kier molecular flexibility index (Phi) is 2.21. The van der Waals surface area contributed by atoms with Gasteiger partial charge in [-0.3, -0.25) is 4.79 Å². The molecule has 0 aliphatic heterocycles. The van der Waals surface area contributed by atoms with Gasteiger partial charge in [0.2, 0.25) is 0 Å². The molecule has 0 atom stereocenters. The zero-order valence-corrected chi connectivity index (χ0v) is 9.44. The molecule has 1 aliphatic carbocycles. The number of hydrogen-bond donors (Lipinski definition) is 0. The van der Waals surface area contributed by atoms with Crippen molar-refractivity contribution in [2.75, 3.05) is 0 Å². The minimum absolute atomic E-state index is 0.502. The van der Waals surface area contributed by atoms with E-state index in [9.17, 15) is 4.79 Å². The highest BCUT2D eigenvalue weighted by molar-refractivity contribution is 6.32. The molecule has 1 saturated carbocycles. The highest BCUT2D eigenvalue weighted by atomic mass is 35.5. The maximum atomic E-state index is 10.8. The van der Waals surface area contributed by atoms with Crippen LogP contribution in [0.4, 0.5) is 0 Å². The molecule has 0 unspecified atom stereocenters. The van der Waals surface area contributed by atoms with Crippen molar-refractivity contribution >= 4 is 23.4 Å². The van der Waals surface area contributed by atoms with Gasteiger partial charge in [0.15, 0.2) is 11.4 Å². The number of aldehydes is 1. The summed E-state index contributed by atoms with van der Waals surface area (Å²) in [6, 6.07) is 3.61. The summed E-state index contributed by atoms with van der Waals surface area (Å²) >= 11 is 6.08. The fourth-order valence-electron chi connectivity index (χ4n) is 2.11. The largest absolute Gasteiger partial charge is 0.301 e. The van der Waals surface area contributed by atoms with Crippen LogP contribution in [0.2, 0.25) is 5.15 Å². The molecule has 3 rings (SSSR count). The maximum absolute atomic E-state index is 10.8. The summed E-state index contributed by atoms with van der Waals surface area (Å²) in [4.78, 5) is 15.2. The zero-order valence-electron chi connectivity index (χ0n) is 8.69. The van der Waals surface area contributed by atoms with Crippen LogP contribution in [0.3, 0.4) is 0 Å². The predicted molar refractivity (Wildman–Crippen MR) is 62.2 cm³/mol. The molecule has 2 heterocycles. The number of nitrogens with zero attached hydrogens (tertiary/aromatic N) is 2. The Bertz CT molecular complexity index is 557. The van der Waals surface area contributed by atoms with Gasteiger partial charge in [-0.1, -0.05) is 18.0 Å². The summed E-state index contributed by atoms with van der Waals surface area (Å²) in [5, 5.41) is 0.527. The monoisotopic (exact) mass is 234 g/mol. The Hall–Kier alpha value is -1.35. The fraction of sp³-hybridized carbons (Fsp3) is 0.333. The topological polar surface area (TPSA) is 34.4 Å². The SMILES string of the molecule is O=Cc1ccc2c(Cl)nc(C3CCC3)n2c1. The molecule has 2 aromatic heterocycles. The molecule has 2 aromatic rings. The van der Waals surface area contributed by atoms with Crippen LogP contribution in [0.5, 0.6) is 0 Å². The molecule has 82 valence electrons. The summed E-state index contributed by atoms with van der Waals surface area (Å²) < 4.78 is 1.95. The first kappa shape index (κ1) is 9.85. The Balaban J connectivity index is 2.22. The standard InChI is InChI=1S/C12H11ClN2O/c13-11-10-5-4-8(7-16)6-15(10)12(14-11)9-2-1-3-9/h4-7,9H,1-3H2. The quantitative estimate of drug-likeness (QED) is 0.749. The average Bonchev–Trinajstić information content (AvgIpc) is 2.54. The average molecular weight is 235 g/mol. The number of aromatic nitrogens is 2. The number of pyridine rings is 1. The van der Waals surface area contributed by atoms with E-state index in [0.717, 1.165) is 17.6 Å². The number of carbonyl (C=O) groups excluding carboxylic acids is 1. The van der Waals surface area contributed by atoms with Crippen LogP contribution >= 0.6 is 11.6 Å². The highest BCUT2D eigenvalue weighted by Gasteiger charge is 2.25. The minimum Gasteiger partial charge on any atom is -0.301 e. The molecule has 0 saturated heterocycles. The van der Waals surface area contributed by atoms with Gasteiger partial charge in [-0.05, 0) is 25.0 Å². The van der Waals surface area contributed by atoms with Gasteiger partial charge in [0.1, 0.15) is 5.82 Å². The summed E-state index contributed by atoms with van der Waals surface area (Å²) in [5.74, 6) is 1.50. The van der Waals surface area contributed by atoms with Gasteiger partial charge >= 0.3 is 0 Å². The van der Waals surface area contributed by atoms with Gasteiger partial charge in [0.05, 0.1) is 5.52 Å². The summed E-state index contributed by atoms with van der Waals surface area (Å²) in [7, 11) is 0. The molecule has 1 aliphatic rings. The van der Waals surface area contributed by atoms with E-state index < -0.39 is 0 Å². The van der Waals surface area contributed by atoms with Crippen LogP contribution in [0, 0.1) is 0 Å². The summed E-state index contributed by atoms with van der Waals surface area (Å²) in [5.41, 5.74) is 1.54. The Morgan fingerprint density at radius 1 is 1.44 bits per heavy atom. The summed E-state index contributed by atoms with van der Waals surface area (Å²) in [6.07, 6.45) is 6.25. The number of imidazole rings is 1. The highest BCUT2D eigenvalue weighted by Crippen LogP contribution is 2.37. The fourth-order valence-corrected chi connectivity index (χ4v) is 2.35. The van der Waals surface area contributed by atoms with Crippen molar-refractivity contribution in [1.82, 2.24) is 9.38 Å². The first-order valence-corrected chi connectivity index (χ1v) is 5.80. The van der Waals surface area contributed by atoms with E-state index in [4.69, 9.17) is 11.6 Å². The molecule has 0 bridgehead atoms. The number of hydrogen-bond acceptors (Lipinski definition) is 2. The number of rotatable bonds is 2. The van der Waals surface area contributed by atoms with Crippen molar-refractivity contribution in [1.29, 1.82) is 0 Å². The van der Waals surface area contributed by atoms with Crippen LogP contribution in [0.15, 0.2) is 18.3 Å². The Morgan fingerprint density at radius 3 is 2.88 bits per heavy atom. The van der Waals surface area contributed by atoms with Crippen LogP contribution in [0.1, 0.15) is 41.4 Å². The molecular formula is C12H11ClN2O. The zero-order chi connectivity index (χ0) is 11.1. The van der Waals surface area contributed by atoms with E-state index in [1.807, 2.05) is 16.7 Å². The molecule has 16 heavy (non-hydrogen) atoms. The van der Waals surface area contributed by atoms with E-state index in [1.165, 1.54) is 19.3 Å². The molecule has 0 amide bonds. The van der Waals surface area contributed by atoms with E-state index in [2.05, 4.69) is 4.98 Å². The second kappa shape index (κ2) is 3.59. The molecule has 4 heteroatoms. The smallest absolute Gasteiger partial charge is 0.155 e. The van der Waals surface area contributed by atoms with Crippen molar-refractivity contribution in [2.45, 2.75) is 25.2 Å². The van der Waals surface area contributed by atoms with Crippen molar-refractivity contribution in [3.8, 4) is 0 Å². The Morgan fingerprint density at radius 2 is 2.25 bits per heavy atom. The van der Waals surface area contributed by atoms with Crippen molar-refractivity contribution in [3.63, 3.8) is 0 Å². The second-order valence-corrected chi connectivity index (χ2v) is 4.58.